The molecule has 1 aliphatic rings. The maximum absolute atomic E-state index is 13.4. The van der Waals surface area contributed by atoms with Crippen molar-refractivity contribution in [2.45, 2.75) is 19.3 Å². The third kappa shape index (κ3) is 4.59. The lowest BCUT2D eigenvalue weighted by molar-refractivity contribution is -0.126. The van der Waals surface area contributed by atoms with Gasteiger partial charge >= 0.3 is 0 Å². The van der Waals surface area contributed by atoms with Crippen molar-refractivity contribution in [2.75, 3.05) is 33.4 Å². The molecule has 1 N–H and O–H groups in total. The summed E-state index contributed by atoms with van der Waals surface area (Å²) in [5.41, 5.74) is 0. The number of carbonyl (C=O) groups is 2. The first-order valence-electron chi connectivity index (χ1n) is 8.94. The van der Waals surface area contributed by atoms with Crippen LogP contribution < -0.4 is 5.32 Å². The number of hydrogen-bond donors (Lipinski definition) is 1. The largest absolute Gasteiger partial charge is 0.385 e. The van der Waals surface area contributed by atoms with Gasteiger partial charge in [0.1, 0.15) is 10.7 Å². The van der Waals surface area contributed by atoms with Gasteiger partial charge in [-0.2, -0.15) is 0 Å². The molecule has 27 heavy (non-hydrogen) atoms. The summed E-state index contributed by atoms with van der Waals surface area (Å²) >= 11 is 7.56. The molecule has 1 aromatic carbocycles. The maximum atomic E-state index is 13.4. The minimum atomic E-state index is -0.350. The predicted molar refractivity (Wildman–Crippen MR) is 105 cm³/mol. The lowest BCUT2D eigenvalue weighted by atomic mass is 9.95. The molecule has 0 spiro atoms. The van der Waals surface area contributed by atoms with Gasteiger partial charge in [0.2, 0.25) is 5.91 Å². The van der Waals surface area contributed by atoms with Crippen molar-refractivity contribution in [1.29, 1.82) is 0 Å². The molecule has 2 aromatic rings. The number of ether oxygens (including phenoxy) is 1. The van der Waals surface area contributed by atoms with Crippen LogP contribution in [0.15, 0.2) is 18.2 Å². The number of thiophene rings is 1. The second-order valence-electron chi connectivity index (χ2n) is 6.59. The molecule has 0 unspecified atom stereocenters. The van der Waals surface area contributed by atoms with E-state index < -0.39 is 0 Å². The fourth-order valence-corrected chi connectivity index (χ4v) is 4.74. The Hall–Kier alpha value is -1.70. The van der Waals surface area contributed by atoms with E-state index >= 15 is 0 Å². The van der Waals surface area contributed by atoms with E-state index in [0.717, 1.165) is 6.42 Å². The van der Waals surface area contributed by atoms with E-state index in [-0.39, 0.29) is 23.5 Å². The Bertz CT molecular complexity index is 834. The molecule has 2 heterocycles. The predicted octanol–water partition coefficient (Wildman–Crippen LogP) is 3.70. The highest BCUT2D eigenvalue weighted by atomic mass is 35.5. The number of nitrogens with zero attached hydrogens (tertiary/aromatic N) is 1. The average molecular weight is 413 g/mol. The summed E-state index contributed by atoms with van der Waals surface area (Å²) in [6.07, 6.45) is 2.03. The molecule has 5 nitrogen and oxygen atoms in total. The van der Waals surface area contributed by atoms with E-state index in [1.54, 1.807) is 18.1 Å². The Balaban J connectivity index is 1.59. The molecule has 1 saturated heterocycles. The van der Waals surface area contributed by atoms with Crippen LogP contribution in [0.5, 0.6) is 0 Å². The van der Waals surface area contributed by atoms with Crippen molar-refractivity contribution in [1.82, 2.24) is 10.2 Å². The van der Waals surface area contributed by atoms with Crippen molar-refractivity contribution >= 4 is 44.8 Å². The molecule has 2 amide bonds. The molecule has 1 aromatic heterocycles. The van der Waals surface area contributed by atoms with E-state index in [4.69, 9.17) is 16.3 Å². The summed E-state index contributed by atoms with van der Waals surface area (Å²) in [6, 6.07) is 4.33. The van der Waals surface area contributed by atoms with Gasteiger partial charge < -0.3 is 15.0 Å². The van der Waals surface area contributed by atoms with Gasteiger partial charge in [0.05, 0.1) is 5.02 Å². The molecule has 8 heteroatoms. The molecule has 0 radical (unpaired) electrons. The number of benzene rings is 1. The van der Waals surface area contributed by atoms with Crippen LogP contribution >= 0.6 is 22.9 Å². The maximum Gasteiger partial charge on any atom is 0.265 e. The number of amides is 2. The van der Waals surface area contributed by atoms with Gasteiger partial charge in [-0.25, -0.2) is 4.39 Å². The van der Waals surface area contributed by atoms with Crippen LogP contribution in [0.1, 0.15) is 28.9 Å². The second kappa shape index (κ2) is 8.99. The Morgan fingerprint density at radius 2 is 2.11 bits per heavy atom. The fraction of sp³-hybridized carbons (Fsp3) is 0.474. The molecule has 0 bridgehead atoms. The Kier molecular flexibility index (Phi) is 6.68. The van der Waals surface area contributed by atoms with Crippen LogP contribution in [0.3, 0.4) is 0 Å². The number of likely N-dealkylation sites (tertiary alicyclic amines) is 1. The zero-order valence-electron chi connectivity index (χ0n) is 15.1. The molecule has 3 rings (SSSR count). The number of rotatable bonds is 6. The molecule has 1 aliphatic heterocycles. The van der Waals surface area contributed by atoms with E-state index in [1.807, 2.05) is 0 Å². The lowest BCUT2D eigenvalue weighted by Gasteiger charge is -2.31. The smallest absolute Gasteiger partial charge is 0.265 e. The van der Waals surface area contributed by atoms with Crippen molar-refractivity contribution < 1.29 is 18.7 Å². The fourth-order valence-electron chi connectivity index (χ4n) is 3.24. The van der Waals surface area contributed by atoms with Gasteiger partial charge in [0.15, 0.2) is 0 Å². The van der Waals surface area contributed by atoms with E-state index in [2.05, 4.69) is 5.32 Å². The van der Waals surface area contributed by atoms with Crippen molar-refractivity contribution in [3.05, 3.63) is 33.9 Å². The van der Waals surface area contributed by atoms with Gasteiger partial charge in [-0.05, 0) is 37.5 Å². The molecule has 0 atom stereocenters. The number of halogens is 2. The molecular weight excluding hydrogens is 391 g/mol. The van der Waals surface area contributed by atoms with Crippen molar-refractivity contribution in [3.63, 3.8) is 0 Å². The number of piperidine rings is 1. The summed E-state index contributed by atoms with van der Waals surface area (Å²) < 4.78 is 19.0. The standard InChI is InChI=1S/C19H22ClFN2O3S/c1-26-10-2-7-22-18(24)12-5-8-23(9-6-12)19(25)17-16(20)14-4-3-13(21)11-15(14)27-17/h3-4,11-12H,2,5-10H2,1H3,(H,22,24). The van der Waals surface area contributed by atoms with Crippen molar-refractivity contribution in [2.24, 2.45) is 5.92 Å². The SMILES string of the molecule is COCCCNC(=O)C1CCN(C(=O)c2sc3cc(F)ccc3c2Cl)CC1. The van der Waals surface area contributed by atoms with Gasteiger partial charge in [0, 0.05) is 49.4 Å². The lowest BCUT2D eigenvalue weighted by Crippen LogP contribution is -2.43. The van der Waals surface area contributed by atoms with Crippen LogP contribution in [0.25, 0.3) is 10.1 Å². The van der Waals surface area contributed by atoms with Crippen LogP contribution in [0, 0.1) is 11.7 Å². The first-order chi connectivity index (χ1) is 13.0. The Morgan fingerprint density at radius 3 is 2.81 bits per heavy atom. The highest BCUT2D eigenvalue weighted by Crippen LogP contribution is 2.37. The highest BCUT2D eigenvalue weighted by molar-refractivity contribution is 7.21. The average Bonchev–Trinajstić information content (AvgIpc) is 3.00. The monoisotopic (exact) mass is 412 g/mol. The number of fused-ring (bicyclic) bond motifs is 1. The van der Waals surface area contributed by atoms with E-state index in [9.17, 15) is 14.0 Å². The van der Waals surface area contributed by atoms with Crippen LogP contribution in [0.2, 0.25) is 5.02 Å². The summed E-state index contributed by atoms with van der Waals surface area (Å²) in [5, 5.41) is 3.98. The molecule has 0 aliphatic carbocycles. The minimum absolute atomic E-state index is 0.0357. The number of carbonyl (C=O) groups excluding carboxylic acids is 2. The number of nitrogens with one attached hydrogen (secondary N) is 1. The van der Waals surface area contributed by atoms with Gasteiger partial charge in [-0.15, -0.1) is 11.3 Å². The normalized spacial score (nSPS) is 15.3. The quantitative estimate of drug-likeness (QED) is 0.736. The van der Waals surface area contributed by atoms with Crippen molar-refractivity contribution in [3.8, 4) is 0 Å². The third-order valence-electron chi connectivity index (χ3n) is 4.76. The zero-order chi connectivity index (χ0) is 19.4. The highest BCUT2D eigenvalue weighted by Gasteiger charge is 2.29. The molecule has 0 saturated carbocycles. The van der Waals surface area contributed by atoms with Gasteiger partial charge in [0.25, 0.3) is 5.91 Å². The topological polar surface area (TPSA) is 58.6 Å². The number of methoxy groups -OCH3 is 1. The summed E-state index contributed by atoms with van der Waals surface area (Å²) in [7, 11) is 1.63. The minimum Gasteiger partial charge on any atom is -0.385 e. The van der Waals surface area contributed by atoms with Gasteiger partial charge in [-0.1, -0.05) is 11.6 Å². The Morgan fingerprint density at radius 1 is 1.37 bits per heavy atom. The first kappa shape index (κ1) is 20.0. The number of hydrogen-bond acceptors (Lipinski definition) is 4. The van der Waals surface area contributed by atoms with Crippen LogP contribution in [-0.2, 0) is 9.53 Å². The molecular formula is C19H22ClFN2O3S. The van der Waals surface area contributed by atoms with Gasteiger partial charge in [-0.3, -0.25) is 9.59 Å². The first-order valence-corrected chi connectivity index (χ1v) is 10.1. The van der Waals surface area contributed by atoms with Crippen LogP contribution in [-0.4, -0.2) is 50.1 Å². The summed E-state index contributed by atoms with van der Waals surface area (Å²) in [5.74, 6) is -0.547. The third-order valence-corrected chi connectivity index (χ3v) is 6.41. The summed E-state index contributed by atoms with van der Waals surface area (Å²) in [4.78, 5) is 27.2. The van der Waals surface area contributed by atoms with Crippen LogP contribution in [0.4, 0.5) is 4.39 Å². The Labute approximate surface area is 166 Å². The van der Waals surface area contributed by atoms with E-state index in [0.29, 0.717) is 59.1 Å². The second-order valence-corrected chi connectivity index (χ2v) is 8.02. The van der Waals surface area contributed by atoms with E-state index in [1.165, 1.54) is 23.5 Å². The summed E-state index contributed by atoms with van der Waals surface area (Å²) in [6.45, 7) is 2.23. The zero-order valence-corrected chi connectivity index (χ0v) is 16.7. The molecule has 146 valence electrons. The molecule has 1 fully saturated rings.